The van der Waals surface area contributed by atoms with Crippen LogP contribution in [0.5, 0.6) is 5.75 Å². The van der Waals surface area contributed by atoms with Crippen LogP contribution in [0.3, 0.4) is 0 Å². The van der Waals surface area contributed by atoms with E-state index in [-0.39, 0.29) is 24.5 Å². The first-order chi connectivity index (χ1) is 16.4. The molecular weight excluding hydrogens is 454 g/mol. The Labute approximate surface area is 206 Å². The van der Waals surface area contributed by atoms with Gasteiger partial charge in [-0.2, -0.15) is 0 Å². The van der Waals surface area contributed by atoms with Crippen LogP contribution in [-0.4, -0.2) is 64.6 Å². The van der Waals surface area contributed by atoms with Gasteiger partial charge in [-0.3, -0.25) is 14.4 Å². The van der Waals surface area contributed by atoms with Gasteiger partial charge in [0, 0.05) is 6.42 Å². The number of phenols is 1. The van der Waals surface area contributed by atoms with Crippen LogP contribution in [0.1, 0.15) is 52.0 Å². The lowest BCUT2D eigenvalue weighted by Gasteiger charge is -2.26. The summed E-state index contributed by atoms with van der Waals surface area (Å²) in [5.74, 6) is -2.85. The number of benzene rings is 1. The molecule has 4 unspecified atom stereocenters. The smallest absolute Gasteiger partial charge is 0.326 e. The molecule has 3 amide bonds. The highest BCUT2D eigenvalue weighted by Gasteiger charge is 2.30. The summed E-state index contributed by atoms with van der Waals surface area (Å²) >= 11 is 0. The van der Waals surface area contributed by atoms with Crippen LogP contribution in [0.25, 0.3) is 0 Å². The molecule has 35 heavy (non-hydrogen) atoms. The van der Waals surface area contributed by atoms with Gasteiger partial charge >= 0.3 is 5.97 Å². The van der Waals surface area contributed by atoms with Gasteiger partial charge in [0.2, 0.25) is 17.7 Å². The van der Waals surface area contributed by atoms with Crippen molar-refractivity contribution >= 4 is 23.7 Å². The molecular formula is C24H39N5O6. The van der Waals surface area contributed by atoms with Crippen LogP contribution in [0.15, 0.2) is 24.3 Å². The summed E-state index contributed by atoms with van der Waals surface area (Å²) < 4.78 is 0. The third-order valence-electron chi connectivity index (χ3n) is 5.32. The summed E-state index contributed by atoms with van der Waals surface area (Å²) in [4.78, 5) is 50.0. The summed E-state index contributed by atoms with van der Waals surface area (Å²) in [5.41, 5.74) is 11.7. The predicted molar refractivity (Wildman–Crippen MR) is 131 cm³/mol. The standard InChI is InChI=1S/C24H39N5O6/c1-14(2)12-19(28-21(31)15(3)26)22(32)29-20(13-16-7-9-17(30)10-8-16)23(33)27-18(24(34)35)6-4-5-11-25/h7-10,14-15,18-20,30H,4-6,11-13,25-26H2,1-3H3,(H,27,33)(H,28,31)(H,29,32)(H,34,35). The first-order valence-electron chi connectivity index (χ1n) is 11.8. The number of aliphatic carboxylic acids is 1. The molecule has 1 aromatic rings. The quantitative estimate of drug-likeness (QED) is 0.166. The number of amides is 3. The largest absolute Gasteiger partial charge is 0.508 e. The number of phenolic OH excluding ortho intramolecular Hbond substituents is 1. The van der Waals surface area contributed by atoms with E-state index in [2.05, 4.69) is 16.0 Å². The maximum absolute atomic E-state index is 13.1. The van der Waals surface area contributed by atoms with E-state index in [0.717, 1.165) is 0 Å². The Balaban J connectivity index is 3.11. The normalized spacial score (nSPS) is 14.5. The zero-order valence-corrected chi connectivity index (χ0v) is 20.6. The Morgan fingerprint density at radius 3 is 1.91 bits per heavy atom. The van der Waals surface area contributed by atoms with Crippen LogP contribution in [0.4, 0.5) is 0 Å². The summed E-state index contributed by atoms with van der Waals surface area (Å²) in [5, 5.41) is 26.8. The molecule has 4 atom stereocenters. The lowest BCUT2D eigenvalue weighted by molar-refractivity contribution is -0.142. The van der Waals surface area contributed by atoms with Crippen molar-refractivity contribution in [3.63, 3.8) is 0 Å². The molecule has 0 spiro atoms. The van der Waals surface area contributed by atoms with Crippen molar-refractivity contribution < 1.29 is 29.4 Å². The van der Waals surface area contributed by atoms with Gasteiger partial charge in [-0.15, -0.1) is 0 Å². The summed E-state index contributed by atoms with van der Waals surface area (Å²) in [6.45, 7) is 5.68. The molecule has 1 rings (SSSR count). The zero-order valence-electron chi connectivity index (χ0n) is 20.6. The predicted octanol–water partition coefficient (Wildman–Crippen LogP) is -0.00400. The van der Waals surface area contributed by atoms with Gasteiger partial charge in [0.25, 0.3) is 0 Å². The molecule has 11 heteroatoms. The van der Waals surface area contributed by atoms with Gasteiger partial charge in [-0.05, 0) is 62.8 Å². The average Bonchev–Trinajstić information content (AvgIpc) is 2.78. The molecule has 1 aromatic carbocycles. The highest BCUT2D eigenvalue weighted by molar-refractivity contribution is 5.94. The summed E-state index contributed by atoms with van der Waals surface area (Å²) in [7, 11) is 0. The summed E-state index contributed by atoms with van der Waals surface area (Å²) in [6, 6.07) is 2.08. The van der Waals surface area contributed by atoms with Gasteiger partial charge < -0.3 is 37.6 Å². The van der Waals surface area contributed by atoms with E-state index in [1.54, 1.807) is 12.1 Å². The van der Waals surface area contributed by atoms with Crippen molar-refractivity contribution in [2.24, 2.45) is 17.4 Å². The number of rotatable bonds is 15. The molecule has 0 saturated heterocycles. The van der Waals surface area contributed by atoms with Crippen molar-refractivity contribution in [1.82, 2.24) is 16.0 Å². The highest BCUT2D eigenvalue weighted by atomic mass is 16.4. The van der Waals surface area contributed by atoms with E-state index in [1.807, 2.05) is 13.8 Å². The highest BCUT2D eigenvalue weighted by Crippen LogP contribution is 2.13. The maximum Gasteiger partial charge on any atom is 0.326 e. The molecule has 0 aromatic heterocycles. The number of nitrogens with two attached hydrogens (primary N) is 2. The Morgan fingerprint density at radius 2 is 1.40 bits per heavy atom. The van der Waals surface area contributed by atoms with Crippen molar-refractivity contribution in [2.45, 2.75) is 77.0 Å². The maximum atomic E-state index is 13.1. The van der Waals surface area contributed by atoms with Crippen LogP contribution in [-0.2, 0) is 25.6 Å². The monoisotopic (exact) mass is 493 g/mol. The van der Waals surface area contributed by atoms with Crippen LogP contribution < -0.4 is 27.4 Å². The number of aromatic hydroxyl groups is 1. The minimum absolute atomic E-state index is 0.0419. The minimum Gasteiger partial charge on any atom is -0.508 e. The van der Waals surface area contributed by atoms with E-state index < -0.39 is 47.9 Å². The molecule has 196 valence electrons. The van der Waals surface area contributed by atoms with Crippen LogP contribution in [0, 0.1) is 5.92 Å². The van der Waals surface area contributed by atoms with E-state index >= 15 is 0 Å². The third-order valence-corrected chi connectivity index (χ3v) is 5.32. The Bertz CT molecular complexity index is 843. The Kier molecular flexibility index (Phi) is 12.7. The molecule has 0 saturated carbocycles. The molecule has 0 aliphatic heterocycles. The second kappa shape index (κ2) is 14.9. The van der Waals surface area contributed by atoms with Crippen LogP contribution in [0.2, 0.25) is 0 Å². The number of carbonyl (C=O) groups is 4. The van der Waals surface area contributed by atoms with Crippen LogP contribution >= 0.6 is 0 Å². The topological polar surface area (TPSA) is 197 Å². The average molecular weight is 494 g/mol. The molecule has 0 fully saturated rings. The number of unbranched alkanes of at least 4 members (excludes halogenated alkanes) is 1. The third kappa shape index (κ3) is 11.2. The fourth-order valence-electron chi connectivity index (χ4n) is 3.38. The van der Waals surface area contributed by atoms with Crippen molar-refractivity contribution in [1.29, 1.82) is 0 Å². The van der Waals surface area contributed by atoms with Gasteiger partial charge in [-0.25, -0.2) is 4.79 Å². The number of hydrogen-bond donors (Lipinski definition) is 7. The fraction of sp³-hybridized carbons (Fsp3) is 0.583. The molecule has 9 N–H and O–H groups in total. The summed E-state index contributed by atoms with van der Waals surface area (Å²) in [6.07, 6.45) is 1.68. The number of hydrogen-bond acceptors (Lipinski definition) is 7. The number of nitrogens with one attached hydrogen (secondary N) is 3. The molecule has 0 radical (unpaired) electrons. The lowest BCUT2D eigenvalue weighted by atomic mass is 10.0. The van der Waals surface area contributed by atoms with E-state index in [4.69, 9.17) is 11.5 Å². The van der Waals surface area contributed by atoms with Crippen molar-refractivity contribution in [3.8, 4) is 5.75 Å². The SMILES string of the molecule is CC(C)CC(NC(=O)C(C)N)C(=O)NC(Cc1ccc(O)cc1)C(=O)NC(CCCCN)C(=O)O. The number of carboxylic acid groups (broad SMARTS) is 1. The van der Waals surface area contributed by atoms with E-state index in [9.17, 15) is 29.4 Å². The minimum atomic E-state index is -1.19. The molecule has 0 aliphatic carbocycles. The Hall–Kier alpha value is -3.18. The second-order valence-corrected chi connectivity index (χ2v) is 9.10. The fourth-order valence-corrected chi connectivity index (χ4v) is 3.38. The molecule has 0 heterocycles. The zero-order chi connectivity index (χ0) is 26.5. The van der Waals surface area contributed by atoms with E-state index in [1.165, 1.54) is 19.1 Å². The van der Waals surface area contributed by atoms with Gasteiger partial charge in [0.15, 0.2) is 0 Å². The molecule has 0 bridgehead atoms. The number of carboxylic acids is 1. The first kappa shape index (κ1) is 29.9. The molecule has 11 nitrogen and oxygen atoms in total. The Morgan fingerprint density at radius 1 is 0.857 bits per heavy atom. The van der Waals surface area contributed by atoms with Crippen molar-refractivity contribution in [2.75, 3.05) is 6.54 Å². The van der Waals surface area contributed by atoms with Gasteiger partial charge in [-0.1, -0.05) is 26.0 Å². The van der Waals surface area contributed by atoms with E-state index in [0.29, 0.717) is 31.4 Å². The molecule has 0 aliphatic rings. The lowest BCUT2D eigenvalue weighted by Crippen LogP contribution is -2.57. The first-order valence-corrected chi connectivity index (χ1v) is 11.8. The van der Waals surface area contributed by atoms with Gasteiger partial charge in [0.1, 0.15) is 23.9 Å². The van der Waals surface area contributed by atoms with Crippen molar-refractivity contribution in [3.05, 3.63) is 29.8 Å². The van der Waals surface area contributed by atoms with Gasteiger partial charge in [0.05, 0.1) is 6.04 Å². The second-order valence-electron chi connectivity index (χ2n) is 9.10. The number of carbonyl (C=O) groups excluding carboxylic acids is 3.